The fraction of sp³-hybridized carbons (Fsp3) is 0.389. The van der Waals surface area contributed by atoms with E-state index in [4.69, 9.17) is 0 Å². The summed E-state index contributed by atoms with van der Waals surface area (Å²) in [6.45, 7) is 3.89. The quantitative estimate of drug-likeness (QED) is 0.937. The molecular weight excluding hydrogens is 307 g/mol. The Labute approximate surface area is 140 Å². The Balaban J connectivity index is 1.63. The summed E-state index contributed by atoms with van der Waals surface area (Å²) < 4.78 is 13.6. The van der Waals surface area contributed by atoms with Gasteiger partial charge in [0.2, 0.25) is 0 Å². The van der Waals surface area contributed by atoms with E-state index in [1.165, 1.54) is 25.3 Å². The van der Waals surface area contributed by atoms with Gasteiger partial charge in [-0.3, -0.25) is 4.79 Å². The maximum atomic E-state index is 13.6. The van der Waals surface area contributed by atoms with Gasteiger partial charge in [-0.05, 0) is 49.9 Å². The smallest absolute Gasteiger partial charge is 0.251 e. The molecule has 24 heavy (non-hydrogen) atoms. The summed E-state index contributed by atoms with van der Waals surface area (Å²) >= 11 is 0. The first-order valence-electron chi connectivity index (χ1n) is 8.25. The number of hydrogen-bond acceptors (Lipinski definition) is 4. The number of carbonyl (C=O) groups is 1. The van der Waals surface area contributed by atoms with Gasteiger partial charge >= 0.3 is 0 Å². The molecule has 0 radical (unpaired) electrons. The molecule has 1 fully saturated rings. The van der Waals surface area contributed by atoms with E-state index in [2.05, 4.69) is 20.2 Å². The van der Waals surface area contributed by atoms with E-state index in [9.17, 15) is 9.18 Å². The van der Waals surface area contributed by atoms with Crippen LogP contribution in [0, 0.1) is 12.7 Å². The lowest BCUT2D eigenvalue weighted by atomic mass is 10.1. The van der Waals surface area contributed by atoms with E-state index < -0.39 is 0 Å². The molecular formula is C18H21FN4O. The standard InChI is InChI=1S/C18H21FN4O/c1-13-5-6-14(11-15(13)19)18(24)21-12-16-20-8-7-17(22-16)23-9-3-2-4-10-23/h5-8,11H,2-4,9-10,12H2,1H3,(H,21,24). The van der Waals surface area contributed by atoms with Gasteiger partial charge in [-0.15, -0.1) is 0 Å². The predicted molar refractivity (Wildman–Crippen MR) is 90.4 cm³/mol. The highest BCUT2D eigenvalue weighted by Crippen LogP contribution is 2.17. The zero-order valence-corrected chi connectivity index (χ0v) is 13.8. The molecule has 1 saturated heterocycles. The number of rotatable bonds is 4. The highest BCUT2D eigenvalue weighted by molar-refractivity contribution is 5.94. The molecule has 2 aromatic rings. The maximum absolute atomic E-state index is 13.6. The number of nitrogens with one attached hydrogen (secondary N) is 1. The highest BCUT2D eigenvalue weighted by atomic mass is 19.1. The summed E-state index contributed by atoms with van der Waals surface area (Å²) in [5.41, 5.74) is 0.814. The highest BCUT2D eigenvalue weighted by Gasteiger charge is 2.13. The van der Waals surface area contributed by atoms with Crippen LogP contribution in [-0.2, 0) is 6.54 Å². The molecule has 0 aliphatic carbocycles. The predicted octanol–water partition coefficient (Wildman–Crippen LogP) is 2.84. The lowest BCUT2D eigenvalue weighted by Gasteiger charge is -2.27. The van der Waals surface area contributed by atoms with Crippen molar-refractivity contribution in [3.63, 3.8) is 0 Å². The number of nitrogens with zero attached hydrogens (tertiary/aromatic N) is 3. The van der Waals surface area contributed by atoms with Gasteiger partial charge in [0.25, 0.3) is 5.91 Å². The number of aromatic nitrogens is 2. The van der Waals surface area contributed by atoms with Gasteiger partial charge in [0.05, 0.1) is 6.54 Å². The molecule has 1 aromatic heterocycles. The molecule has 3 rings (SSSR count). The first-order valence-corrected chi connectivity index (χ1v) is 8.25. The zero-order chi connectivity index (χ0) is 16.9. The number of hydrogen-bond donors (Lipinski definition) is 1. The monoisotopic (exact) mass is 328 g/mol. The van der Waals surface area contributed by atoms with Gasteiger partial charge in [-0.25, -0.2) is 14.4 Å². The van der Waals surface area contributed by atoms with Crippen LogP contribution in [0.15, 0.2) is 30.5 Å². The van der Waals surface area contributed by atoms with E-state index in [1.807, 2.05) is 6.07 Å². The number of amides is 1. The molecule has 0 spiro atoms. The molecule has 0 unspecified atom stereocenters. The molecule has 0 saturated carbocycles. The molecule has 2 heterocycles. The maximum Gasteiger partial charge on any atom is 0.251 e. The lowest BCUT2D eigenvalue weighted by molar-refractivity contribution is 0.0949. The Hall–Kier alpha value is -2.50. The van der Waals surface area contributed by atoms with Crippen molar-refractivity contribution in [1.29, 1.82) is 0 Å². The van der Waals surface area contributed by atoms with Crippen molar-refractivity contribution >= 4 is 11.7 Å². The van der Waals surface area contributed by atoms with Crippen LogP contribution in [0.25, 0.3) is 0 Å². The Morgan fingerprint density at radius 1 is 1.25 bits per heavy atom. The van der Waals surface area contributed by atoms with Crippen LogP contribution in [0.2, 0.25) is 0 Å². The Bertz CT molecular complexity index is 729. The molecule has 1 aliphatic rings. The van der Waals surface area contributed by atoms with Crippen molar-refractivity contribution < 1.29 is 9.18 Å². The van der Waals surface area contributed by atoms with Crippen molar-refractivity contribution in [2.75, 3.05) is 18.0 Å². The fourth-order valence-corrected chi connectivity index (χ4v) is 2.77. The van der Waals surface area contributed by atoms with Crippen LogP contribution in [0.3, 0.4) is 0 Å². The van der Waals surface area contributed by atoms with Crippen molar-refractivity contribution in [2.45, 2.75) is 32.7 Å². The number of halogens is 1. The minimum Gasteiger partial charge on any atom is -0.357 e. The third kappa shape index (κ3) is 3.88. The SMILES string of the molecule is Cc1ccc(C(=O)NCc2nccc(N3CCCCC3)n2)cc1F. The first-order chi connectivity index (χ1) is 11.6. The van der Waals surface area contributed by atoms with Gasteiger partial charge in [0.1, 0.15) is 17.5 Å². The molecule has 1 aliphatic heterocycles. The minimum absolute atomic E-state index is 0.218. The van der Waals surface area contributed by atoms with Crippen molar-refractivity contribution in [1.82, 2.24) is 15.3 Å². The zero-order valence-electron chi connectivity index (χ0n) is 13.8. The Morgan fingerprint density at radius 2 is 2.04 bits per heavy atom. The third-order valence-corrected chi connectivity index (χ3v) is 4.21. The number of aryl methyl sites for hydroxylation is 1. The fourth-order valence-electron chi connectivity index (χ4n) is 2.77. The van der Waals surface area contributed by atoms with Crippen LogP contribution in [0.5, 0.6) is 0 Å². The van der Waals surface area contributed by atoms with Crippen molar-refractivity contribution in [3.8, 4) is 0 Å². The van der Waals surface area contributed by atoms with Crippen molar-refractivity contribution in [3.05, 3.63) is 53.2 Å². The average molecular weight is 328 g/mol. The Kier molecular flexibility index (Phi) is 5.03. The summed E-state index contributed by atoms with van der Waals surface area (Å²) in [4.78, 5) is 23.1. The molecule has 1 amide bonds. The average Bonchev–Trinajstić information content (AvgIpc) is 2.63. The van der Waals surface area contributed by atoms with Gasteiger partial charge < -0.3 is 10.2 Å². The molecule has 0 bridgehead atoms. The van der Waals surface area contributed by atoms with Crippen LogP contribution >= 0.6 is 0 Å². The molecule has 6 heteroatoms. The van der Waals surface area contributed by atoms with Crippen LogP contribution in [0.1, 0.15) is 41.0 Å². The summed E-state index contributed by atoms with van der Waals surface area (Å²) in [7, 11) is 0. The van der Waals surface area contributed by atoms with Gasteiger partial charge in [0, 0.05) is 24.8 Å². The van der Waals surface area contributed by atoms with Gasteiger partial charge in [-0.1, -0.05) is 6.07 Å². The van der Waals surface area contributed by atoms with E-state index in [0.29, 0.717) is 17.0 Å². The summed E-state index contributed by atoms with van der Waals surface area (Å²) in [5, 5.41) is 2.74. The van der Waals surface area contributed by atoms with Gasteiger partial charge in [-0.2, -0.15) is 0 Å². The molecule has 126 valence electrons. The normalized spacial score (nSPS) is 14.5. The largest absolute Gasteiger partial charge is 0.357 e. The third-order valence-electron chi connectivity index (χ3n) is 4.21. The molecule has 5 nitrogen and oxygen atoms in total. The van der Waals surface area contributed by atoms with Gasteiger partial charge in [0.15, 0.2) is 0 Å². The second-order valence-corrected chi connectivity index (χ2v) is 6.03. The molecule has 0 atom stereocenters. The topological polar surface area (TPSA) is 58.1 Å². The van der Waals surface area contributed by atoms with Crippen LogP contribution in [-0.4, -0.2) is 29.0 Å². The number of anilines is 1. The summed E-state index contributed by atoms with van der Waals surface area (Å²) in [5.74, 6) is 0.737. The Morgan fingerprint density at radius 3 is 2.79 bits per heavy atom. The van der Waals surface area contributed by atoms with Crippen LogP contribution in [0.4, 0.5) is 10.2 Å². The minimum atomic E-state index is -0.383. The molecule has 1 aromatic carbocycles. The van der Waals surface area contributed by atoms with Crippen LogP contribution < -0.4 is 10.2 Å². The van der Waals surface area contributed by atoms with E-state index in [1.54, 1.807) is 25.3 Å². The van der Waals surface area contributed by atoms with E-state index in [-0.39, 0.29) is 18.3 Å². The van der Waals surface area contributed by atoms with Crippen molar-refractivity contribution in [2.24, 2.45) is 0 Å². The number of piperidine rings is 1. The number of carbonyl (C=O) groups excluding carboxylic acids is 1. The second-order valence-electron chi connectivity index (χ2n) is 6.03. The number of benzene rings is 1. The summed E-state index contributed by atoms with van der Waals surface area (Å²) in [6, 6.07) is 6.35. The summed E-state index contributed by atoms with van der Waals surface area (Å²) in [6.07, 6.45) is 5.33. The van der Waals surface area contributed by atoms with E-state index >= 15 is 0 Å². The first kappa shape index (κ1) is 16.4. The second kappa shape index (κ2) is 7.38. The van der Waals surface area contributed by atoms with E-state index in [0.717, 1.165) is 18.9 Å². The lowest BCUT2D eigenvalue weighted by Crippen LogP contribution is -2.31. The molecule has 1 N–H and O–H groups in total.